The van der Waals surface area contributed by atoms with Crippen LogP contribution in [0.3, 0.4) is 0 Å². The average Bonchev–Trinajstić information content (AvgIpc) is 2.73. The second-order valence-corrected chi connectivity index (χ2v) is 6.33. The zero-order valence-corrected chi connectivity index (χ0v) is 17.7. The molecular formula is C23H18N2O7. The minimum absolute atomic E-state index is 0.0440. The summed E-state index contributed by atoms with van der Waals surface area (Å²) in [5, 5.41) is 18.9. The van der Waals surface area contributed by atoms with E-state index in [1.54, 1.807) is 25.3 Å². The van der Waals surface area contributed by atoms with E-state index in [1.165, 1.54) is 32.0 Å². The molecule has 0 aliphatic heterocycles. The first-order valence-corrected chi connectivity index (χ1v) is 9.12. The van der Waals surface area contributed by atoms with Crippen LogP contribution in [0.2, 0.25) is 0 Å². The Hall–Kier alpha value is -4.63. The fourth-order valence-corrected chi connectivity index (χ4v) is 2.70. The third kappa shape index (κ3) is 5.71. The quantitative estimate of drug-likeness (QED) is 0.344. The number of nitriles is 2. The standard InChI is InChI=1S/C12H8N2O4.C11H10O3/c1-7(15)17-11-3-4-12(18-8(2)16)10(6-14)9(11)5-13;1-7-5-11(12)14-10-6-8(13-2)3-4-9(7)10/h3-4H,1-2H3;3-6H,1-2H3. The lowest BCUT2D eigenvalue weighted by molar-refractivity contribution is -0.133. The number of aryl methyl sites for hydroxylation is 1. The van der Waals surface area contributed by atoms with Crippen molar-refractivity contribution in [2.75, 3.05) is 7.11 Å². The van der Waals surface area contributed by atoms with Crippen LogP contribution in [0, 0.1) is 29.6 Å². The van der Waals surface area contributed by atoms with Gasteiger partial charge in [-0.25, -0.2) is 4.79 Å². The van der Waals surface area contributed by atoms with E-state index in [0.717, 1.165) is 10.9 Å². The summed E-state index contributed by atoms with van der Waals surface area (Å²) in [4.78, 5) is 32.8. The number of ether oxygens (including phenoxy) is 3. The smallest absolute Gasteiger partial charge is 0.336 e. The number of carbonyl (C=O) groups excluding carboxylic acids is 2. The first kappa shape index (κ1) is 23.6. The van der Waals surface area contributed by atoms with Crippen molar-refractivity contribution in [3.63, 3.8) is 0 Å². The number of methoxy groups -OCH3 is 1. The topological polar surface area (TPSA) is 140 Å². The zero-order valence-electron chi connectivity index (χ0n) is 17.7. The van der Waals surface area contributed by atoms with Gasteiger partial charge >= 0.3 is 17.6 Å². The lowest BCUT2D eigenvalue weighted by Crippen LogP contribution is -2.07. The van der Waals surface area contributed by atoms with Gasteiger partial charge in [0.1, 0.15) is 46.1 Å². The lowest BCUT2D eigenvalue weighted by atomic mass is 10.1. The van der Waals surface area contributed by atoms with Crippen molar-refractivity contribution in [1.29, 1.82) is 10.5 Å². The van der Waals surface area contributed by atoms with Gasteiger partial charge in [0.2, 0.25) is 0 Å². The fraction of sp³-hybridized carbons (Fsp3) is 0.174. The highest BCUT2D eigenvalue weighted by molar-refractivity contribution is 5.81. The van der Waals surface area contributed by atoms with Gasteiger partial charge in [0.15, 0.2) is 0 Å². The lowest BCUT2D eigenvalue weighted by Gasteiger charge is -2.08. The van der Waals surface area contributed by atoms with Crippen molar-refractivity contribution in [3.05, 3.63) is 63.5 Å². The monoisotopic (exact) mass is 434 g/mol. The van der Waals surface area contributed by atoms with Crippen LogP contribution >= 0.6 is 0 Å². The van der Waals surface area contributed by atoms with Gasteiger partial charge in [0.05, 0.1) is 7.11 Å². The molecule has 0 N–H and O–H groups in total. The summed E-state index contributed by atoms with van der Waals surface area (Å²) in [5.41, 5.74) is 0.856. The molecule has 0 radical (unpaired) electrons. The first-order chi connectivity index (χ1) is 15.2. The van der Waals surface area contributed by atoms with Crippen LogP contribution < -0.4 is 19.8 Å². The average molecular weight is 434 g/mol. The maximum absolute atomic E-state index is 11.1. The van der Waals surface area contributed by atoms with E-state index in [9.17, 15) is 14.4 Å². The molecule has 162 valence electrons. The number of fused-ring (bicyclic) bond motifs is 1. The third-order valence-electron chi connectivity index (χ3n) is 4.02. The van der Waals surface area contributed by atoms with Gasteiger partial charge in [-0.05, 0) is 36.8 Å². The second kappa shape index (κ2) is 10.4. The van der Waals surface area contributed by atoms with Crippen molar-refractivity contribution in [3.8, 4) is 29.4 Å². The maximum atomic E-state index is 11.1. The van der Waals surface area contributed by atoms with Crippen LogP contribution in [0.4, 0.5) is 0 Å². The van der Waals surface area contributed by atoms with E-state index in [4.69, 9.17) is 29.2 Å². The molecule has 3 rings (SSSR count). The Balaban J connectivity index is 0.000000233. The van der Waals surface area contributed by atoms with Crippen LogP contribution in [0.5, 0.6) is 17.2 Å². The minimum Gasteiger partial charge on any atom is -0.497 e. The van der Waals surface area contributed by atoms with Crippen LogP contribution in [0.1, 0.15) is 30.5 Å². The summed E-state index contributed by atoms with van der Waals surface area (Å²) in [6.45, 7) is 4.23. The summed E-state index contributed by atoms with van der Waals surface area (Å²) in [5.74, 6) is -0.632. The number of benzene rings is 2. The highest BCUT2D eigenvalue weighted by Gasteiger charge is 2.17. The Morgan fingerprint density at radius 3 is 1.88 bits per heavy atom. The molecule has 2 aromatic carbocycles. The second-order valence-electron chi connectivity index (χ2n) is 6.33. The molecular weight excluding hydrogens is 416 g/mol. The van der Waals surface area contributed by atoms with Crippen LogP contribution in [-0.2, 0) is 9.59 Å². The fourth-order valence-electron chi connectivity index (χ4n) is 2.70. The van der Waals surface area contributed by atoms with Crippen molar-refractivity contribution < 1.29 is 28.2 Å². The summed E-state index contributed by atoms with van der Waals surface area (Å²) in [7, 11) is 1.58. The molecule has 0 atom stereocenters. The molecule has 32 heavy (non-hydrogen) atoms. The van der Waals surface area contributed by atoms with Crippen LogP contribution in [0.15, 0.2) is 45.6 Å². The van der Waals surface area contributed by atoms with E-state index in [-0.39, 0.29) is 28.3 Å². The largest absolute Gasteiger partial charge is 0.497 e. The minimum atomic E-state index is -0.615. The number of carbonyl (C=O) groups is 2. The van der Waals surface area contributed by atoms with Gasteiger partial charge in [-0.1, -0.05) is 0 Å². The summed E-state index contributed by atoms with van der Waals surface area (Å²) >= 11 is 0. The van der Waals surface area contributed by atoms with E-state index >= 15 is 0 Å². The van der Waals surface area contributed by atoms with Crippen LogP contribution in [-0.4, -0.2) is 19.0 Å². The molecule has 1 heterocycles. The van der Waals surface area contributed by atoms with Crippen molar-refractivity contribution in [2.24, 2.45) is 0 Å². The molecule has 0 aliphatic carbocycles. The molecule has 9 nitrogen and oxygen atoms in total. The molecule has 0 spiro atoms. The van der Waals surface area contributed by atoms with E-state index in [2.05, 4.69) is 0 Å². The Morgan fingerprint density at radius 2 is 1.44 bits per heavy atom. The molecule has 0 saturated heterocycles. The Morgan fingerprint density at radius 1 is 0.906 bits per heavy atom. The van der Waals surface area contributed by atoms with Crippen molar-refractivity contribution in [2.45, 2.75) is 20.8 Å². The number of nitrogens with zero attached hydrogens (tertiary/aromatic N) is 2. The molecule has 0 fully saturated rings. The summed E-state index contributed by atoms with van der Waals surface area (Å²) in [6.07, 6.45) is 0. The van der Waals surface area contributed by atoms with Gasteiger partial charge in [0, 0.05) is 31.4 Å². The summed E-state index contributed by atoms with van der Waals surface area (Å²) in [6, 6.07) is 13.0. The Kier molecular flexibility index (Phi) is 7.70. The number of hydrogen-bond acceptors (Lipinski definition) is 9. The number of esters is 2. The third-order valence-corrected chi connectivity index (χ3v) is 4.02. The molecule has 0 aliphatic rings. The predicted molar refractivity (Wildman–Crippen MR) is 112 cm³/mol. The predicted octanol–water partition coefficient (Wildman–Crippen LogP) is 3.39. The Bertz CT molecular complexity index is 1270. The Labute approximate surface area is 183 Å². The van der Waals surface area contributed by atoms with E-state index in [1.807, 2.05) is 19.1 Å². The van der Waals surface area contributed by atoms with Gasteiger partial charge in [0.25, 0.3) is 0 Å². The molecule has 0 bridgehead atoms. The molecule has 0 saturated carbocycles. The van der Waals surface area contributed by atoms with Gasteiger partial charge in [-0.2, -0.15) is 10.5 Å². The van der Waals surface area contributed by atoms with Crippen molar-refractivity contribution >= 4 is 22.9 Å². The highest BCUT2D eigenvalue weighted by atomic mass is 16.5. The van der Waals surface area contributed by atoms with Crippen molar-refractivity contribution in [1.82, 2.24) is 0 Å². The zero-order chi connectivity index (χ0) is 23.8. The molecule has 0 unspecified atom stereocenters. The van der Waals surface area contributed by atoms with E-state index < -0.39 is 11.9 Å². The highest BCUT2D eigenvalue weighted by Crippen LogP contribution is 2.29. The van der Waals surface area contributed by atoms with E-state index in [0.29, 0.717) is 11.3 Å². The first-order valence-electron chi connectivity index (χ1n) is 9.12. The SMILES string of the molecule is CC(=O)Oc1ccc(OC(C)=O)c(C#N)c1C#N.COc1ccc2c(C)cc(=O)oc2c1. The van der Waals surface area contributed by atoms with Gasteiger partial charge < -0.3 is 18.6 Å². The van der Waals surface area contributed by atoms with Gasteiger partial charge in [-0.3, -0.25) is 9.59 Å². The number of hydrogen-bond donors (Lipinski definition) is 0. The normalized spacial score (nSPS) is 9.56. The summed E-state index contributed by atoms with van der Waals surface area (Å²) < 4.78 is 19.7. The molecule has 1 aromatic heterocycles. The van der Waals surface area contributed by atoms with Gasteiger partial charge in [-0.15, -0.1) is 0 Å². The molecule has 0 amide bonds. The maximum Gasteiger partial charge on any atom is 0.336 e. The number of rotatable bonds is 3. The molecule has 9 heteroatoms. The molecule has 3 aromatic rings. The van der Waals surface area contributed by atoms with Crippen LogP contribution in [0.25, 0.3) is 11.0 Å².